The van der Waals surface area contributed by atoms with Gasteiger partial charge in [-0.2, -0.15) is 0 Å². The number of halogens is 1. The maximum Gasteiger partial charge on any atom is 0.162 e. The van der Waals surface area contributed by atoms with Crippen molar-refractivity contribution in [1.82, 2.24) is 0 Å². The van der Waals surface area contributed by atoms with Gasteiger partial charge in [0, 0.05) is 10.7 Å². The third-order valence-electron chi connectivity index (χ3n) is 4.12. The number of aliphatic imine (C=N–C) groups is 1. The molecule has 0 spiro atoms. The molecule has 1 atom stereocenters. The Morgan fingerprint density at radius 2 is 1.64 bits per heavy atom. The van der Waals surface area contributed by atoms with E-state index in [0.29, 0.717) is 6.54 Å². The van der Waals surface area contributed by atoms with E-state index in [0.717, 1.165) is 15.9 Å². The smallest absolute Gasteiger partial charge is 0.162 e. The quantitative estimate of drug-likeness (QED) is 0.603. The lowest BCUT2D eigenvalue weighted by Crippen LogP contribution is -2.19. The highest BCUT2D eigenvalue weighted by Crippen LogP contribution is 2.44. The molecular formula is C21H17ClN2S. The molecule has 0 aliphatic carbocycles. The highest BCUT2D eigenvalue weighted by atomic mass is 35.5. The van der Waals surface area contributed by atoms with Gasteiger partial charge in [0.1, 0.15) is 0 Å². The minimum Gasteiger partial charge on any atom is -0.335 e. The molecule has 0 radical (unpaired) electrons. The van der Waals surface area contributed by atoms with E-state index in [1.54, 1.807) is 11.8 Å². The molecular weight excluding hydrogens is 348 g/mol. The third-order valence-corrected chi connectivity index (χ3v) is 5.57. The van der Waals surface area contributed by atoms with Crippen molar-refractivity contribution < 1.29 is 0 Å². The van der Waals surface area contributed by atoms with Crippen molar-refractivity contribution in [3.8, 4) is 0 Å². The Kier molecular flexibility index (Phi) is 4.77. The third kappa shape index (κ3) is 3.73. The highest BCUT2D eigenvalue weighted by molar-refractivity contribution is 8.14. The molecule has 0 bridgehead atoms. The number of nitrogens with one attached hydrogen (secondary N) is 1. The van der Waals surface area contributed by atoms with Gasteiger partial charge in [-0.25, -0.2) is 0 Å². The molecule has 0 aromatic heterocycles. The van der Waals surface area contributed by atoms with Crippen LogP contribution in [0.15, 0.2) is 83.9 Å². The molecule has 0 saturated carbocycles. The Morgan fingerprint density at radius 3 is 2.40 bits per heavy atom. The summed E-state index contributed by atoms with van der Waals surface area (Å²) in [6, 6.07) is 26.8. The highest BCUT2D eigenvalue weighted by Gasteiger charge is 2.26. The van der Waals surface area contributed by atoms with E-state index in [1.165, 1.54) is 16.7 Å². The van der Waals surface area contributed by atoms with Crippen LogP contribution in [0.2, 0.25) is 5.02 Å². The van der Waals surface area contributed by atoms with Gasteiger partial charge in [0.05, 0.1) is 11.8 Å². The van der Waals surface area contributed by atoms with Crippen LogP contribution >= 0.6 is 23.4 Å². The lowest BCUT2D eigenvalue weighted by Gasteiger charge is -2.28. The summed E-state index contributed by atoms with van der Waals surface area (Å²) < 4.78 is 0. The molecule has 3 aromatic rings. The standard InChI is InChI=1S/C21H17ClN2S/c22-17-11-12-19-18(13-17)20(16-9-5-2-6-10-16)25-21(24-19)23-14-15-7-3-1-4-8-15/h1-13,20H,14H2,(H,23,24). The number of hydrogen-bond acceptors (Lipinski definition) is 2. The lowest BCUT2D eigenvalue weighted by molar-refractivity contribution is 1.07. The van der Waals surface area contributed by atoms with Crippen molar-refractivity contribution in [1.29, 1.82) is 0 Å². The molecule has 3 aromatic carbocycles. The summed E-state index contributed by atoms with van der Waals surface area (Å²) >= 11 is 7.98. The Hall–Kier alpha value is -2.23. The average molecular weight is 365 g/mol. The Balaban J connectivity index is 1.68. The van der Waals surface area contributed by atoms with Gasteiger partial charge in [0.25, 0.3) is 0 Å². The first-order valence-corrected chi connectivity index (χ1v) is 9.42. The first kappa shape index (κ1) is 16.2. The Bertz CT molecular complexity index is 894. The molecule has 124 valence electrons. The van der Waals surface area contributed by atoms with Crippen molar-refractivity contribution >= 4 is 34.2 Å². The van der Waals surface area contributed by atoms with Crippen LogP contribution < -0.4 is 5.32 Å². The van der Waals surface area contributed by atoms with Crippen molar-refractivity contribution in [2.45, 2.75) is 11.8 Å². The maximum atomic E-state index is 6.24. The molecule has 1 aliphatic rings. The normalized spacial score (nSPS) is 17.8. The SMILES string of the molecule is Clc1ccc2c(c1)C(c1ccccc1)SC(=NCc1ccccc1)N2. The van der Waals surface area contributed by atoms with E-state index < -0.39 is 0 Å². The number of fused-ring (bicyclic) bond motifs is 1. The minimum atomic E-state index is 0.186. The fourth-order valence-electron chi connectivity index (χ4n) is 2.88. The van der Waals surface area contributed by atoms with Crippen LogP contribution in [-0.2, 0) is 6.54 Å². The second-order valence-electron chi connectivity index (χ2n) is 5.87. The van der Waals surface area contributed by atoms with Gasteiger partial charge in [0.2, 0.25) is 0 Å². The predicted molar refractivity (Wildman–Crippen MR) is 109 cm³/mol. The maximum absolute atomic E-state index is 6.24. The number of rotatable bonds is 3. The first-order valence-electron chi connectivity index (χ1n) is 8.16. The first-order chi connectivity index (χ1) is 12.3. The van der Waals surface area contributed by atoms with E-state index in [9.17, 15) is 0 Å². The van der Waals surface area contributed by atoms with Crippen LogP contribution in [0.1, 0.15) is 21.9 Å². The molecule has 0 saturated heterocycles. The zero-order valence-corrected chi connectivity index (χ0v) is 15.1. The summed E-state index contributed by atoms with van der Waals surface area (Å²) in [6.45, 7) is 0.667. The molecule has 1 heterocycles. The molecule has 25 heavy (non-hydrogen) atoms. The van der Waals surface area contributed by atoms with Crippen LogP contribution in [0.5, 0.6) is 0 Å². The largest absolute Gasteiger partial charge is 0.335 e. The van der Waals surface area contributed by atoms with Gasteiger partial charge in [0.15, 0.2) is 5.17 Å². The molecule has 2 nitrogen and oxygen atoms in total. The molecule has 4 heteroatoms. The minimum absolute atomic E-state index is 0.186. The molecule has 1 unspecified atom stereocenters. The van der Waals surface area contributed by atoms with Crippen molar-refractivity contribution in [3.63, 3.8) is 0 Å². The molecule has 1 aliphatic heterocycles. The zero-order valence-electron chi connectivity index (χ0n) is 13.5. The lowest BCUT2D eigenvalue weighted by atomic mass is 10.0. The summed E-state index contributed by atoms with van der Waals surface area (Å²) in [7, 11) is 0. The summed E-state index contributed by atoms with van der Waals surface area (Å²) in [5.74, 6) is 0. The number of hydrogen-bond donors (Lipinski definition) is 1. The summed E-state index contributed by atoms with van der Waals surface area (Å²) in [6.07, 6.45) is 0. The monoisotopic (exact) mass is 364 g/mol. The topological polar surface area (TPSA) is 24.4 Å². The fraction of sp³-hybridized carbons (Fsp3) is 0.0952. The molecule has 4 rings (SSSR count). The number of benzene rings is 3. The van der Waals surface area contributed by atoms with Crippen LogP contribution in [0, 0.1) is 0 Å². The summed E-state index contributed by atoms with van der Waals surface area (Å²) in [5.41, 5.74) is 4.73. The summed E-state index contributed by atoms with van der Waals surface area (Å²) in [4.78, 5) is 4.79. The van der Waals surface area contributed by atoms with E-state index in [-0.39, 0.29) is 5.25 Å². The number of amidine groups is 1. The van der Waals surface area contributed by atoms with Crippen LogP contribution in [-0.4, -0.2) is 5.17 Å². The van der Waals surface area contributed by atoms with E-state index >= 15 is 0 Å². The van der Waals surface area contributed by atoms with Crippen LogP contribution in [0.4, 0.5) is 5.69 Å². The molecule has 0 fully saturated rings. The van der Waals surface area contributed by atoms with Gasteiger partial charge in [-0.05, 0) is 34.9 Å². The van der Waals surface area contributed by atoms with Crippen molar-refractivity contribution in [3.05, 3.63) is 101 Å². The van der Waals surface area contributed by atoms with Gasteiger partial charge < -0.3 is 5.32 Å². The average Bonchev–Trinajstić information content (AvgIpc) is 2.67. The predicted octanol–water partition coefficient (Wildman–Crippen LogP) is 6.14. The number of thioether (sulfide) groups is 1. The van der Waals surface area contributed by atoms with Gasteiger partial charge >= 0.3 is 0 Å². The van der Waals surface area contributed by atoms with Crippen molar-refractivity contribution in [2.75, 3.05) is 5.32 Å². The zero-order chi connectivity index (χ0) is 17.1. The Labute approximate surface area is 157 Å². The Morgan fingerprint density at radius 1 is 0.920 bits per heavy atom. The van der Waals surface area contributed by atoms with E-state index in [2.05, 4.69) is 41.7 Å². The van der Waals surface area contributed by atoms with E-state index in [1.807, 2.05) is 42.5 Å². The summed E-state index contributed by atoms with van der Waals surface area (Å²) in [5, 5.41) is 5.33. The van der Waals surface area contributed by atoms with Crippen molar-refractivity contribution in [2.24, 2.45) is 4.99 Å². The molecule has 1 N–H and O–H groups in total. The van der Waals surface area contributed by atoms with Gasteiger partial charge in [-0.1, -0.05) is 84.0 Å². The van der Waals surface area contributed by atoms with Gasteiger partial charge in [-0.3, -0.25) is 4.99 Å². The number of anilines is 1. The molecule has 0 amide bonds. The fourth-order valence-corrected chi connectivity index (χ4v) is 4.21. The number of nitrogens with zero attached hydrogens (tertiary/aromatic N) is 1. The van der Waals surface area contributed by atoms with Gasteiger partial charge in [-0.15, -0.1) is 0 Å². The van der Waals surface area contributed by atoms with Crippen LogP contribution in [0.3, 0.4) is 0 Å². The second kappa shape index (κ2) is 7.34. The second-order valence-corrected chi connectivity index (χ2v) is 7.40. The van der Waals surface area contributed by atoms with E-state index in [4.69, 9.17) is 16.6 Å². The van der Waals surface area contributed by atoms with Crippen LogP contribution in [0.25, 0.3) is 0 Å².